The van der Waals surface area contributed by atoms with Gasteiger partial charge >= 0.3 is 6.09 Å². The lowest BCUT2D eigenvalue weighted by Gasteiger charge is -2.19. The SMILES string of the molecule is CCN(CC)C(=O)Oc1cnccc1NCC(C)C. The quantitative estimate of drug-likeness (QED) is 0.859. The minimum atomic E-state index is -0.342. The molecule has 1 rings (SSSR count). The first-order valence-electron chi connectivity index (χ1n) is 6.73. The van der Waals surface area contributed by atoms with Gasteiger partial charge in [0.2, 0.25) is 0 Å². The first kappa shape index (κ1) is 15.3. The van der Waals surface area contributed by atoms with Gasteiger partial charge in [0.25, 0.3) is 0 Å². The summed E-state index contributed by atoms with van der Waals surface area (Å²) in [5.74, 6) is 0.986. The molecule has 106 valence electrons. The van der Waals surface area contributed by atoms with E-state index >= 15 is 0 Å². The van der Waals surface area contributed by atoms with Crippen LogP contribution in [-0.2, 0) is 0 Å². The highest BCUT2D eigenvalue weighted by Crippen LogP contribution is 2.23. The molecule has 1 amide bonds. The van der Waals surface area contributed by atoms with Crippen molar-refractivity contribution >= 4 is 11.8 Å². The molecule has 0 saturated carbocycles. The average molecular weight is 265 g/mol. The molecule has 0 saturated heterocycles. The minimum Gasteiger partial charge on any atom is -0.406 e. The van der Waals surface area contributed by atoms with Gasteiger partial charge in [0.05, 0.1) is 11.9 Å². The molecule has 0 radical (unpaired) electrons. The maximum atomic E-state index is 11.9. The first-order valence-corrected chi connectivity index (χ1v) is 6.73. The minimum absolute atomic E-state index is 0.342. The second-order valence-electron chi connectivity index (χ2n) is 4.69. The fourth-order valence-electron chi connectivity index (χ4n) is 1.56. The number of pyridine rings is 1. The van der Waals surface area contributed by atoms with Crippen molar-refractivity contribution in [2.24, 2.45) is 5.92 Å². The van der Waals surface area contributed by atoms with Gasteiger partial charge in [-0.1, -0.05) is 13.8 Å². The summed E-state index contributed by atoms with van der Waals surface area (Å²) in [6.07, 6.45) is 2.90. The average Bonchev–Trinajstić information content (AvgIpc) is 2.39. The molecule has 0 spiro atoms. The summed E-state index contributed by atoms with van der Waals surface area (Å²) in [7, 11) is 0. The third-order valence-electron chi connectivity index (χ3n) is 2.70. The van der Waals surface area contributed by atoms with Gasteiger partial charge in [0, 0.05) is 25.8 Å². The van der Waals surface area contributed by atoms with Gasteiger partial charge in [-0.15, -0.1) is 0 Å². The van der Waals surface area contributed by atoms with E-state index in [-0.39, 0.29) is 6.09 Å². The fraction of sp³-hybridized carbons (Fsp3) is 0.571. The number of carbonyl (C=O) groups excluding carboxylic acids is 1. The van der Waals surface area contributed by atoms with Gasteiger partial charge in [-0.3, -0.25) is 4.98 Å². The van der Waals surface area contributed by atoms with Gasteiger partial charge in [-0.05, 0) is 25.8 Å². The van der Waals surface area contributed by atoms with Gasteiger partial charge < -0.3 is 15.0 Å². The summed E-state index contributed by atoms with van der Waals surface area (Å²) >= 11 is 0. The van der Waals surface area contributed by atoms with Crippen molar-refractivity contribution in [1.29, 1.82) is 0 Å². The second kappa shape index (κ2) is 7.61. The maximum Gasteiger partial charge on any atom is 0.415 e. The van der Waals surface area contributed by atoms with E-state index < -0.39 is 0 Å². The van der Waals surface area contributed by atoms with Crippen molar-refractivity contribution in [3.05, 3.63) is 18.5 Å². The second-order valence-corrected chi connectivity index (χ2v) is 4.69. The molecule has 0 aliphatic heterocycles. The Morgan fingerprint density at radius 2 is 2.11 bits per heavy atom. The van der Waals surface area contributed by atoms with Crippen LogP contribution < -0.4 is 10.1 Å². The standard InChI is InChI=1S/C14H23N3O2/c1-5-17(6-2)14(18)19-13-10-15-8-7-12(13)16-9-11(3)4/h7-8,10-11H,5-6,9H2,1-4H3,(H,15,16). The van der Waals surface area contributed by atoms with Crippen LogP contribution in [0.1, 0.15) is 27.7 Å². The number of anilines is 1. The number of nitrogens with zero attached hydrogens (tertiary/aromatic N) is 2. The highest BCUT2D eigenvalue weighted by molar-refractivity contribution is 5.73. The Hall–Kier alpha value is -1.78. The Labute approximate surface area is 115 Å². The molecule has 19 heavy (non-hydrogen) atoms. The van der Waals surface area contributed by atoms with Crippen molar-refractivity contribution in [3.8, 4) is 5.75 Å². The molecular formula is C14H23N3O2. The first-order chi connectivity index (χ1) is 9.08. The van der Waals surface area contributed by atoms with Crippen molar-refractivity contribution in [2.75, 3.05) is 25.0 Å². The Kier molecular flexibility index (Phi) is 6.12. The number of ether oxygens (including phenoxy) is 1. The fourth-order valence-corrected chi connectivity index (χ4v) is 1.56. The van der Waals surface area contributed by atoms with Crippen LogP contribution in [0.2, 0.25) is 0 Å². The summed E-state index contributed by atoms with van der Waals surface area (Å²) in [5.41, 5.74) is 0.796. The number of aromatic nitrogens is 1. The van der Waals surface area contributed by atoms with Gasteiger partial charge in [-0.25, -0.2) is 4.79 Å². The Morgan fingerprint density at radius 1 is 1.42 bits per heavy atom. The van der Waals surface area contributed by atoms with Crippen LogP contribution >= 0.6 is 0 Å². The topological polar surface area (TPSA) is 54.5 Å². The molecule has 1 aromatic heterocycles. The number of hydrogen-bond acceptors (Lipinski definition) is 4. The molecule has 0 aliphatic carbocycles. The van der Waals surface area contributed by atoms with Crippen LogP contribution in [-0.4, -0.2) is 35.6 Å². The van der Waals surface area contributed by atoms with E-state index in [4.69, 9.17) is 4.74 Å². The van der Waals surface area contributed by atoms with Crippen molar-refractivity contribution < 1.29 is 9.53 Å². The molecule has 0 fully saturated rings. The summed E-state index contributed by atoms with van der Waals surface area (Å²) in [4.78, 5) is 17.5. The van der Waals surface area contributed by atoms with E-state index in [0.717, 1.165) is 12.2 Å². The summed E-state index contributed by atoms with van der Waals surface area (Å²) in [6.45, 7) is 10.2. The highest BCUT2D eigenvalue weighted by Gasteiger charge is 2.14. The van der Waals surface area contributed by atoms with Crippen LogP contribution in [0.3, 0.4) is 0 Å². The molecule has 0 atom stereocenters. The van der Waals surface area contributed by atoms with Gasteiger partial charge in [-0.2, -0.15) is 0 Å². The van der Waals surface area contributed by atoms with E-state index in [0.29, 0.717) is 24.8 Å². The number of rotatable bonds is 6. The van der Waals surface area contributed by atoms with Gasteiger partial charge in [0.15, 0.2) is 5.75 Å². The zero-order valence-corrected chi connectivity index (χ0v) is 12.1. The monoisotopic (exact) mass is 265 g/mol. The van der Waals surface area contributed by atoms with E-state index in [1.54, 1.807) is 17.3 Å². The molecule has 1 heterocycles. The van der Waals surface area contributed by atoms with E-state index in [9.17, 15) is 4.79 Å². The lowest BCUT2D eigenvalue weighted by atomic mass is 10.2. The van der Waals surface area contributed by atoms with Crippen molar-refractivity contribution in [2.45, 2.75) is 27.7 Å². The number of hydrogen-bond donors (Lipinski definition) is 1. The molecule has 0 aliphatic rings. The Balaban J connectivity index is 2.74. The normalized spacial score (nSPS) is 10.4. The largest absolute Gasteiger partial charge is 0.415 e. The third kappa shape index (κ3) is 4.77. The maximum absolute atomic E-state index is 11.9. The summed E-state index contributed by atoms with van der Waals surface area (Å²) in [5, 5.41) is 3.26. The molecule has 0 unspecified atom stereocenters. The molecular weight excluding hydrogens is 242 g/mol. The number of nitrogens with one attached hydrogen (secondary N) is 1. The van der Waals surface area contributed by atoms with E-state index in [2.05, 4.69) is 24.1 Å². The molecule has 5 nitrogen and oxygen atoms in total. The Morgan fingerprint density at radius 3 is 2.68 bits per heavy atom. The number of amides is 1. The number of carbonyl (C=O) groups is 1. The van der Waals surface area contributed by atoms with Crippen LogP contribution in [0.5, 0.6) is 5.75 Å². The molecule has 1 N–H and O–H groups in total. The van der Waals surface area contributed by atoms with Crippen LogP contribution in [0.25, 0.3) is 0 Å². The molecule has 0 bridgehead atoms. The Bertz CT molecular complexity index is 403. The van der Waals surface area contributed by atoms with Crippen molar-refractivity contribution in [1.82, 2.24) is 9.88 Å². The third-order valence-corrected chi connectivity index (χ3v) is 2.70. The predicted octanol–water partition coefficient (Wildman–Crippen LogP) is 2.99. The zero-order chi connectivity index (χ0) is 14.3. The summed E-state index contributed by atoms with van der Waals surface area (Å²) < 4.78 is 5.38. The zero-order valence-electron chi connectivity index (χ0n) is 12.1. The van der Waals surface area contributed by atoms with Gasteiger partial charge in [0.1, 0.15) is 0 Å². The highest BCUT2D eigenvalue weighted by atomic mass is 16.6. The predicted molar refractivity (Wildman–Crippen MR) is 76.5 cm³/mol. The van der Waals surface area contributed by atoms with Crippen LogP contribution in [0, 0.1) is 5.92 Å². The van der Waals surface area contributed by atoms with Crippen LogP contribution in [0.15, 0.2) is 18.5 Å². The molecule has 0 aromatic carbocycles. The lowest BCUT2D eigenvalue weighted by molar-refractivity contribution is 0.157. The smallest absolute Gasteiger partial charge is 0.406 e. The van der Waals surface area contributed by atoms with E-state index in [1.165, 1.54) is 0 Å². The lowest BCUT2D eigenvalue weighted by Crippen LogP contribution is -2.33. The van der Waals surface area contributed by atoms with Crippen molar-refractivity contribution in [3.63, 3.8) is 0 Å². The molecule has 5 heteroatoms. The summed E-state index contributed by atoms with van der Waals surface area (Å²) in [6, 6.07) is 1.81. The van der Waals surface area contributed by atoms with E-state index in [1.807, 2.05) is 19.9 Å². The molecule has 1 aromatic rings. The van der Waals surface area contributed by atoms with Crippen LogP contribution in [0.4, 0.5) is 10.5 Å².